The molecule has 8 heteroatoms. The standard InChI is InChI=1S/C21H27N3O5/c1-2-3-4-16(22-13-18(25)23-14-21(28)29)8-5-15-6-9-17(10-7-15)24-19(26)11-12-20(24)27/h6-7,9-12,16,22H,2-5,8,13-14H2,1H3,(H,23,25)(H,28,29). The summed E-state index contributed by atoms with van der Waals surface area (Å²) >= 11 is 0. The number of hydrogen-bond donors (Lipinski definition) is 3. The average Bonchev–Trinajstić information content (AvgIpc) is 3.04. The number of unbranched alkanes of at least 4 members (excludes halogenated alkanes) is 1. The zero-order valence-electron chi connectivity index (χ0n) is 16.5. The molecule has 1 unspecified atom stereocenters. The van der Waals surface area contributed by atoms with E-state index in [1.54, 1.807) is 12.1 Å². The van der Waals surface area contributed by atoms with Crippen LogP contribution in [0.4, 0.5) is 5.69 Å². The first-order valence-corrected chi connectivity index (χ1v) is 9.77. The Balaban J connectivity index is 1.86. The lowest BCUT2D eigenvalue weighted by molar-refractivity contribution is -0.137. The minimum atomic E-state index is -1.07. The maximum atomic E-state index is 11.7. The molecule has 8 nitrogen and oxygen atoms in total. The van der Waals surface area contributed by atoms with E-state index in [0.29, 0.717) is 5.69 Å². The highest BCUT2D eigenvalue weighted by molar-refractivity contribution is 6.28. The van der Waals surface area contributed by atoms with E-state index in [-0.39, 0.29) is 36.9 Å². The molecule has 0 spiro atoms. The summed E-state index contributed by atoms with van der Waals surface area (Å²) < 4.78 is 0. The molecular weight excluding hydrogens is 374 g/mol. The predicted octanol–water partition coefficient (Wildman–Crippen LogP) is 1.40. The lowest BCUT2D eigenvalue weighted by Gasteiger charge is -2.19. The summed E-state index contributed by atoms with van der Waals surface area (Å²) in [5.41, 5.74) is 1.61. The molecule has 0 aromatic heterocycles. The van der Waals surface area contributed by atoms with Gasteiger partial charge in [0.05, 0.1) is 12.2 Å². The van der Waals surface area contributed by atoms with Crippen molar-refractivity contribution in [2.24, 2.45) is 0 Å². The molecule has 1 aliphatic rings. The second-order valence-corrected chi connectivity index (χ2v) is 6.94. The Kier molecular flexibility index (Phi) is 8.54. The highest BCUT2D eigenvalue weighted by atomic mass is 16.4. The van der Waals surface area contributed by atoms with E-state index in [1.165, 1.54) is 12.2 Å². The maximum absolute atomic E-state index is 11.7. The van der Waals surface area contributed by atoms with Gasteiger partial charge < -0.3 is 15.7 Å². The van der Waals surface area contributed by atoms with Gasteiger partial charge in [0.25, 0.3) is 11.8 Å². The normalized spacial score (nSPS) is 14.3. The van der Waals surface area contributed by atoms with Crippen molar-refractivity contribution < 1.29 is 24.3 Å². The van der Waals surface area contributed by atoms with Crippen molar-refractivity contribution in [3.05, 3.63) is 42.0 Å². The molecule has 156 valence electrons. The molecule has 1 atom stereocenters. The number of anilines is 1. The molecule has 0 saturated heterocycles. The van der Waals surface area contributed by atoms with Crippen molar-refractivity contribution in [1.82, 2.24) is 10.6 Å². The summed E-state index contributed by atoms with van der Waals surface area (Å²) in [7, 11) is 0. The van der Waals surface area contributed by atoms with Crippen molar-refractivity contribution in [2.75, 3.05) is 18.0 Å². The van der Waals surface area contributed by atoms with Crippen LogP contribution in [0, 0.1) is 0 Å². The number of amides is 3. The van der Waals surface area contributed by atoms with Gasteiger partial charge in [0.2, 0.25) is 5.91 Å². The summed E-state index contributed by atoms with van der Waals surface area (Å²) in [6.45, 7) is 1.79. The Morgan fingerprint density at radius 3 is 2.28 bits per heavy atom. The summed E-state index contributed by atoms with van der Waals surface area (Å²) in [5, 5.41) is 14.2. The highest BCUT2D eigenvalue weighted by Gasteiger charge is 2.24. The number of carboxylic acids is 1. The Morgan fingerprint density at radius 2 is 1.69 bits per heavy atom. The van der Waals surface area contributed by atoms with Crippen molar-refractivity contribution in [2.45, 2.75) is 45.1 Å². The highest BCUT2D eigenvalue weighted by Crippen LogP contribution is 2.20. The molecule has 1 heterocycles. The van der Waals surface area contributed by atoms with Gasteiger partial charge in [-0.05, 0) is 37.0 Å². The van der Waals surface area contributed by atoms with E-state index in [4.69, 9.17) is 5.11 Å². The number of benzene rings is 1. The van der Waals surface area contributed by atoms with Gasteiger partial charge in [0.15, 0.2) is 0 Å². The van der Waals surface area contributed by atoms with E-state index >= 15 is 0 Å². The summed E-state index contributed by atoms with van der Waals surface area (Å²) in [5.74, 6) is -2.09. The van der Waals surface area contributed by atoms with E-state index in [0.717, 1.165) is 42.6 Å². The molecule has 0 radical (unpaired) electrons. The van der Waals surface area contributed by atoms with Gasteiger partial charge >= 0.3 is 5.97 Å². The fraction of sp³-hybridized carbons (Fsp3) is 0.429. The monoisotopic (exact) mass is 401 g/mol. The predicted molar refractivity (Wildman–Crippen MR) is 108 cm³/mol. The Morgan fingerprint density at radius 1 is 1.03 bits per heavy atom. The number of carboxylic acid groups (broad SMARTS) is 1. The summed E-state index contributed by atoms with van der Waals surface area (Å²) in [4.78, 5) is 46.8. The molecule has 1 aromatic rings. The minimum Gasteiger partial charge on any atom is -0.480 e. The zero-order valence-corrected chi connectivity index (χ0v) is 16.5. The van der Waals surface area contributed by atoms with E-state index in [9.17, 15) is 19.2 Å². The van der Waals surface area contributed by atoms with Crippen LogP contribution in [0.3, 0.4) is 0 Å². The number of carbonyl (C=O) groups is 4. The topological polar surface area (TPSA) is 116 Å². The molecule has 29 heavy (non-hydrogen) atoms. The van der Waals surface area contributed by atoms with E-state index < -0.39 is 5.97 Å². The molecule has 0 fully saturated rings. The number of aryl methyl sites for hydroxylation is 1. The van der Waals surface area contributed by atoms with Gasteiger partial charge in [0.1, 0.15) is 6.54 Å². The van der Waals surface area contributed by atoms with E-state index in [1.807, 2.05) is 12.1 Å². The average molecular weight is 401 g/mol. The molecule has 0 saturated carbocycles. The largest absolute Gasteiger partial charge is 0.480 e. The second-order valence-electron chi connectivity index (χ2n) is 6.94. The van der Waals surface area contributed by atoms with Crippen LogP contribution in [0.1, 0.15) is 38.2 Å². The number of rotatable bonds is 12. The van der Waals surface area contributed by atoms with Gasteiger partial charge in [-0.15, -0.1) is 0 Å². The first kappa shape index (κ1) is 22.3. The number of aliphatic carboxylic acids is 1. The Hall–Kier alpha value is -3.00. The van der Waals surface area contributed by atoms with Gasteiger partial charge in [-0.3, -0.25) is 19.2 Å². The van der Waals surface area contributed by atoms with Crippen LogP contribution in [-0.2, 0) is 25.6 Å². The number of nitrogens with zero attached hydrogens (tertiary/aromatic N) is 1. The third-order valence-electron chi connectivity index (χ3n) is 4.68. The number of hydrogen-bond acceptors (Lipinski definition) is 5. The van der Waals surface area contributed by atoms with Gasteiger partial charge in [-0.1, -0.05) is 31.9 Å². The molecule has 3 amide bonds. The number of carbonyl (C=O) groups excluding carboxylic acids is 3. The number of nitrogens with one attached hydrogen (secondary N) is 2. The first-order valence-electron chi connectivity index (χ1n) is 9.77. The molecule has 0 aliphatic carbocycles. The minimum absolute atomic E-state index is 0.0762. The third-order valence-corrected chi connectivity index (χ3v) is 4.68. The smallest absolute Gasteiger partial charge is 0.322 e. The second kappa shape index (κ2) is 11.1. The molecular formula is C21H27N3O5. The lowest BCUT2D eigenvalue weighted by Crippen LogP contribution is -2.41. The van der Waals surface area contributed by atoms with Crippen LogP contribution in [0.15, 0.2) is 36.4 Å². The number of imide groups is 1. The fourth-order valence-corrected chi connectivity index (χ4v) is 3.08. The van der Waals surface area contributed by atoms with Crippen LogP contribution in [0.2, 0.25) is 0 Å². The van der Waals surface area contributed by atoms with Crippen LogP contribution >= 0.6 is 0 Å². The first-order chi connectivity index (χ1) is 13.9. The molecule has 3 N–H and O–H groups in total. The SMILES string of the molecule is CCCCC(CCc1ccc(N2C(=O)C=CC2=O)cc1)NCC(=O)NCC(=O)O. The van der Waals surface area contributed by atoms with Crippen molar-refractivity contribution in [3.63, 3.8) is 0 Å². The maximum Gasteiger partial charge on any atom is 0.322 e. The fourth-order valence-electron chi connectivity index (χ4n) is 3.08. The van der Waals surface area contributed by atoms with Gasteiger partial charge in [-0.25, -0.2) is 4.90 Å². The van der Waals surface area contributed by atoms with Crippen LogP contribution in [0.5, 0.6) is 0 Å². The van der Waals surface area contributed by atoms with Crippen LogP contribution < -0.4 is 15.5 Å². The molecule has 1 aromatic carbocycles. The van der Waals surface area contributed by atoms with Crippen LogP contribution in [-0.4, -0.2) is 47.9 Å². The van der Waals surface area contributed by atoms with Crippen LogP contribution in [0.25, 0.3) is 0 Å². The van der Waals surface area contributed by atoms with Crippen molar-refractivity contribution in [3.8, 4) is 0 Å². The molecule has 1 aliphatic heterocycles. The van der Waals surface area contributed by atoms with E-state index in [2.05, 4.69) is 17.6 Å². The quantitative estimate of drug-likeness (QED) is 0.456. The Bertz CT molecular complexity index is 755. The van der Waals surface area contributed by atoms with Gasteiger partial charge in [0, 0.05) is 18.2 Å². The van der Waals surface area contributed by atoms with Gasteiger partial charge in [-0.2, -0.15) is 0 Å². The summed E-state index contributed by atoms with van der Waals surface area (Å²) in [6, 6.07) is 7.43. The zero-order chi connectivity index (χ0) is 21.2. The lowest BCUT2D eigenvalue weighted by atomic mass is 10.0. The molecule has 2 rings (SSSR count). The summed E-state index contributed by atoms with van der Waals surface area (Å²) in [6.07, 6.45) is 7.10. The Labute approximate surface area is 170 Å². The molecule has 0 bridgehead atoms. The van der Waals surface area contributed by atoms with Crippen molar-refractivity contribution in [1.29, 1.82) is 0 Å². The third kappa shape index (κ3) is 7.15. The van der Waals surface area contributed by atoms with Crippen molar-refractivity contribution >= 4 is 29.4 Å².